The van der Waals surface area contributed by atoms with Crippen LogP contribution in [0.1, 0.15) is 5.69 Å². The van der Waals surface area contributed by atoms with E-state index in [2.05, 4.69) is 11.6 Å². The smallest absolute Gasteiger partial charge is 0.126 e. The zero-order valence-electron chi connectivity index (χ0n) is 6.04. The summed E-state index contributed by atoms with van der Waals surface area (Å²) in [5.41, 5.74) is 6.52. The summed E-state index contributed by atoms with van der Waals surface area (Å²) in [6.45, 7) is 6.21. The Labute approximate surface area is 60.2 Å². The van der Waals surface area contributed by atoms with Gasteiger partial charge in [0, 0.05) is 6.54 Å². The van der Waals surface area contributed by atoms with Gasteiger partial charge in [0.25, 0.3) is 0 Å². The first-order valence-electron chi connectivity index (χ1n) is 3.14. The average molecular weight is 137 g/mol. The van der Waals surface area contributed by atoms with Gasteiger partial charge in [-0.25, -0.2) is 4.98 Å². The Morgan fingerprint density at radius 1 is 1.90 bits per heavy atom. The Hall–Kier alpha value is -1.25. The van der Waals surface area contributed by atoms with Crippen molar-refractivity contribution in [2.24, 2.45) is 0 Å². The van der Waals surface area contributed by atoms with E-state index >= 15 is 0 Å². The Kier molecular flexibility index (Phi) is 1.76. The minimum absolute atomic E-state index is 0.722. The van der Waals surface area contributed by atoms with Gasteiger partial charge >= 0.3 is 0 Å². The summed E-state index contributed by atoms with van der Waals surface area (Å²) in [6, 6.07) is 0. The molecule has 0 amide bonds. The molecule has 1 aromatic rings. The molecule has 0 saturated carbocycles. The number of anilines is 1. The van der Waals surface area contributed by atoms with Crippen LogP contribution in [0, 0.1) is 6.92 Å². The molecule has 0 saturated heterocycles. The van der Waals surface area contributed by atoms with Gasteiger partial charge in [-0.1, -0.05) is 6.08 Å². The van der Waals surface area contributed by atoms with Crippen molar-refractivity contribution in [1.82, 2.24) is 9.55 Å². The van der Waals surface area contributed by atoms with Gasteiger partial charge in [-0.15, -0.1) is 6.58 Å². The third kappa shape index (κ3) is 1.03. The normalized spacial score (nSPS) is 9.70. The lowest BCUT2D eigenvalue weighted by Crippen LogP contribution is -1.99. The van der Waals surface area contributed by atoms with Crippen molar-refractivity contribution in [3.8, 4) is 0 Å². The van der Waals surface area contributed by atoms with E-state index in [1.54, 1.807) is 12.4 Å². The first-order chi connectivity index (χ1) is 4.75. The zero-order valence-corrected chi connectivity index (χ0v) is 6.04. The van der Waals surface area contributed by atoms with Gasteiger partial charge in [0.15, 0.2) is 0 Å². The number of hydrogen-bond acceptors (Lipinski definition) is 2. The van der Waals surface area contributed by atoms with E-state index in [4.69, 9.17) is 5.73 Å². The number of nitrogen functional groups attached to an aromatic ring is 1. The highest BCUT2D eigenvalue weighted by atomic mass is 15.1. The summed E-state index contributed by atoms with van der Waals surface area (Å²) in [4.78, 5) is 4.02. The predicted octanol–water partition coefficient (Wildman–Crippen LogP) is 0.960. The second kappa shape index (κ2) is 2.56. The molecular weight excluding hydrogens is 126 g/mol. The number of rotatable bonds is 2. The standard InChI is InChI=1S/C7H11N3/c1-3-4-10-5-9-6(2)7(10)8/h3,5H,1,4,8H2,2H3. The van der Waals surface area contributed by atoms with Crippen LogP contribution in [0.2, 0.25) is 0 Å². The van der Waals surface area contributed by atoms with E-state index in [1.165, 1.54) is 0 Å². The van der Waals surface area contributed by atoms with E-state index in [-0.39, 0.29) is 0 Å². The first kappa shape index (κ1) is 6.86. The van der Waals surface area contributed by atoms with Crippen molar-refractivity contribution < 1.29 is 0 Å². The molecule has 0 aromatic carbocycles. The molecule has 0 bridgehead atoms. The summed E-state index contributed by atoms with van der Waals surface area (Å²) < 4.78 is 1.85. The van der Waals surface area contributed by atoms with Gasteiger partial charge in [-0.3, -0.25) is 0 Å². The number of aryl methyl sites for hydroxylation is 1. The molecule has 0 atom stereocenters. The Morgan fingerprint density at radius 2 is 2.60 bits per heavy atom. The van der Waals surface area contributed by atoms with Gasteiger partial charge in [-0.2, -0.15) is 0 Å². The lowest BCUT2D eigenvalue weighted by molar-refractivity contribution is 0.833. The molecule has 0 aliphatic carbocycles. The molecule has 1 rings (SSSR count). The fourth-order valence-corrected chi connectivity index (χ4v) is 0.777. The van der Waals surface area contributed by atoms with Gasteiger partial charge in [0.1, 0.15) is 5.82 Å². The Balaban J connectivity index is 2.93. The molecule has 3 nitrogen and oxygen atoms in total. The summed E-state index contributed by atoms with van der Waals surface area (Å²) in [5, 5.41) is 0. The van der Waals surface area contributed by atoms with Crippen molar-refractivity contribution in [3.63, 3.8) is 0 Å². The van der Waals surface area contributed by atoms with Crippen molar-refractivity contribution in [2.45, 2.75) is 13.5 Å². The molecule has 10 heavy (non-hydrogen) atoms. The first-order valence-corrected chi connectivity index (χ1v) is 3.14. The van der Waals surface area contributed by atoms with Crippen LogP contribution in [-0.4, -0.2) is 9.55 Å². The van der Waals surface area contributed by atoms with E-state index in [9.17, 15) is 0 Å². The van der Waals surface area contributed by atoms with Crippen molar-refractivity contribution in [2.75, 3.05) is 5.73 Å². The maximum absolute atomic E-state index is 5.64. The largest absolute Gasteiger partial charge is 0.384 e. The van der Waals surface area contributed by atoms with Gasteiger partial charge in [-0.05, 0) is 6.92 Å². The van der Waals surface area contributed by atoms with E-state index < -0.39 is 0 Å². The summed E-state index contributed by atoms with van der Waals surface area (Å²) >= 11 is 0. The SMILES string of the molecule is C=CCn1cnc(C)c1N. The lowest BCUT2D eigenvalue weighted by atomic mass is 10.5. The van der Waals surface area contributed by atoms with Crippen molar-refractivity contribution in [1.29, 1.82) is 0 Å². The van der Waals surface area contributed by atoms with Crippen molar-refractivity contribution in [3.05, 3.63) is 24.7 Å². The van der Waals surface area contributed by atoms with E-state index in [0.717, 1.165) is 18.1 Å². The van der Waals surface area contributed by atoms with E-state index in [0.29, 0.717) is 0 Å². The molecule has 0 spiro atoms. The van der Waals surface area contributed by atoms with Crippen LogP contribution in [0.4, 0.5) is 5.82 Å². The fourth-order valence-electron chi connectivity index (χ4n) is 0.777. The number of nitrogens with zero attached hydrogens (tertiary/aromatic N) is 2. The quantitative estimate of drug-likeness (QED) is 0.617. The molecule has 1 heterocycles. The van der Waals surface area contributed by atoms with E-state index in [1.807, 2.05) is 11.5 Å². The minimum atomic E-state index is 0.722. The maximum atomic E-state index is 5.64. The van der Waals surface area contributed by atoms with Gasteiger partial charge in [0.2, 0.25) is 0 Å². The average Bonchev–Trinajstić information content (AvgIpc) is 2.20. The predicted molar refractivity (Wildman–Crippen MR) is 41.6 cm³/mol. The third-order valence-electron chi connectivity index (χ3n) is 1.40. The second-order valence-electron chi connectivity index (χ2n) is 2.16. The van der Waals surface area contributed by atoms with Crippen molar-refractivity contribution >= 4 is 5.82 Å². The highest BCUT2D eigenvalue weighted by molar-refractivity contribution is 5.34. The zero-order chi connectivity index (χ0) is 7.56. The highest BCUT2D eigenvalue weighted by Gasteiger charge is 1.98. The molecule has 0 unspecified atom stereocenters. The Bertz CT molecular complexity index is 237. The molecule has 0 aliphatic heterocycles. The van der Waals surface area contributed by atoms with Crippen LogP contribution in [-0.2, 0) is 6.54 Å². The second-order valence-corrected chi connectivity index (χ2v) is 2.16. The highest BCUT2D eigenvalue weighted by Crippen LogP contribution is 2.06. The molecule has 3 heteroatoms. The molecule has 1 aromatic heterocycles. The monoisotopic (exact) mass is 137 g/mol. The number of imidazole rings is 1. The van der Waals surface area contributed by atoms with Gasteiger partial charge < -0.3 is 10.3 Å². The summed E-state index contributed by atoms with van der Waals surface area (Å²) in [7, 11) is 0. The Morgan fingerprint density at radius 3 is 3.00 bits per heavy atom. The lowest BCUT2D eigenvalue weighted by Gasteiger charge is -1.98. The number of aromatic nitrogens is 2. The summed E-state index contributed by atoms with van der Waals surface area (Å²) in [6.07, 6.45) is 3.50. The molecular formula is C7H11N3. The van der Waals surface area contributed by atoms with Crippen LogP contribution in [0.25, 0.3) is 0 Å². The molecule has 2 N–H and O–H groups in total. The van der Waals surface area contributed by atoms with Crippen LogP contribution < -0.4 is 5.73 Å². The molecule has 0 aliphatic rings. The third-order valence-corrected chi connectivity index (χ3v) is 1.40. The van der Waals surface area contributed by atoms with Crippen LogP contribution >= 0.6 is 0 Å². The maximum Gasteiger partial charge on any atom is 0.126 e. The summed E-state index contributed by atoms with van der Waals surface area (Å²) in [5.74, 6) is 0.722. The minimum Gasteiger partial charge on any atom is -0.384 e. The topological polar surface area (TPSA) is 43.8 Å². The van der Waals surface area contributed by atoms with Gasteiger partial charge in [0.05, 0.1) is 12.0 Å². The van der Waals surface area contributed by atoms with Crippen LogP contribution in [0.15, 0.2) is 19.0 Å². The fraction of sp³-hybridized carbons (Fsp3) is 0.286. The van der Waals surface area contributed by atoms with Crippen LogP contribution in [0.5, 0.6) is 0 Å². The number of hydrogen-bond donors (Lipinski definition) is 1. The molecule has 54 valence electrons. The van der Waals surface area contributed by atoms with Crippen LogP contribution in [0.3, 0.4) is 0 Å². The number of nitrogens with two attached hydrogens (primary N) is 1. The molecule has 0 fully saturated rings. The molecule has 0 radical (unpaired) electrons. The number of allylic oxidation sites excluding steroid dienone is 1.